The Bertz CT molecular complexity index is 1900. The summed E-state index contributed by atoms with van der Waals surface area (Å²) in [4.78, 5) is 32.0. The summed E-state index contributed by atoms with van der Waals surface area (Å²) in [5.41, 5.74) is 4.52. The number of benzene rings is 2. The molecule has 0 spiro atoms. The van der Waals surface area contributed by atoms with Crippen molar-refractivity contribution in [2.75, 3.05) is 14.2 Å². The molecule has 1 atom stereocenters. The quantitative estimate of drug-likeness (QED) is 0.266. The zero-order valence-electron chi connectivity index (χ0n) is 22.2. The van der Waals surface area contributed by atoms with E-state index < -0.39 is 12.0 Å². The van der Waals surface area contributed by atoms with Gasteiger partial charge in [0.25, 0.3) is 5.56 Å². The molecule has 0 N–H and O–H groups in total. The van der Waals surface area contributed by atoms with E-state index in [2.05, 4.69) is 4.99 Å². The minimum Gasteiger partial charge on any atom is -0.496 e. The highest BCUT2D eigenvalue weighted by Crippen LogP contribution is 2.37. The van der Waals surface area contributed by atoms with E-state index in [9.17, 15) is 9.59 Å². The van der Waals surface area contributed by atoms with Crippen molar-refractivity contribution in [3.05, 3.63) is 111 Å². The molecule has 0 amide bonds. The minimum atomic E-state index is -0.844. The number of hydrogen-bond acceptors (Lipinski definition) is 6. The number of fused-ring (bicyclic) bond motifs is 1. The first kappa shape index (κ1) is 28.2. The minimum absolute atomic E-state index is 0.236. The second-order valence-electron chi connectivity index (χ2n) is 9.22. The number of halogens is 3. The fraction of sp³-hybridized carbons (Fsp3) is 0.207. The molecule has 3 heterocycles. The monoisotopic (exact) mass is 615 g/mol. The van der Waals surface area contributed by atoms with E-state index in [1.807, 2.05) is 36.6 Å². The number of methoxy groups -OCH3 is 2. The molecule has 0 radical (unpaired) electrons. The summed E-state index contributed by atoms with van der Waals surface area (Å²) >= 11 is 20.0. The number of allylic oxidation sites excluding steroid dienone is 1. The highest BCUT2D eigenvalue weighted by Gasteiger charge is 2.35. The molecule has 0 bridgehead atoms. The summed E-state index contributed by atoms with van der Waals surface area (Å²) in [5.74, 6) is -0.113. The zero-order chi connectivity index (χ0) is 28.9. The number of thiazole rings is 1. The number of esters is 1. The van der Waals surface area contributed by atoms with Gasteiger partial charge in [0, 0.05) is 27.7 Å². The summed E-state index contributed by atoms with van der Waals surface area (Å²) in [7, 11) is 2.82. The van der Waals surface area contributed by atoms with Gasteiger partial charge in [-0.15, -0.1) is 0 Å². The highest BCUT2D eigenvalue weighted by atomic mass is 35.5. The largest absolute Gasteiger partial charge is 0.496 e. The second-order valence-corrected chi connectivity index (χ2v) is 11.5. The third kappa shape index (κ3) is 4.79. The third-order valence-corrected chi connectivity index (χ3v) is 8.79. The van der Waals surface area contributed by atoms with Gasteiger partial charge in [-0.05, 0) is 74.9 Å². The first-order valence-electron chi connectivity index (χ1n) is 12.1. The van der Waals surface area contributed by atoms with Crippen molar-refractivity contribution >= 4 is 58.2 Å². The van der Waals surface area contributed by atoms with Crippen molar-refractivity contribution in [3.8, 4) is 11.4 Å². The van der Waals surface area contributed by atoms with Crippen LogP contribution in [0.25, 0.3) is 11.8 Å². The molecule has 4 aromatic rings. The van der Waals surface area contributed by atoms with Crippen LogP contribution in [0.3, 0.4) is 0 Å². The number of hydrogen-bond donors (Lipinski definition) is 0. The molecule has 1 aliphatic rings. The lowest BCUT2D eigenvalue weighted by Gasteiger charge is -2.25. The Kier molecular flexibility index (Phi) is 7.72. The van der Waals surface area contributed by atoms with E-state index in [0.717, 1.165) is 22.6 Å². The smallest absolute Gasteiger partial charge is 0.338 e. The number of carbonyl (C=O) groups is 1. The van der Waals surface area contributed by atoms with E-state index in [1.54, 1.807) is 37.3 Å². The van der Waals surface area contributed by atoms with E-state index in [-0.39, 0.29) is 11.1 Å². The Morgan fingerprint density at radius 1 is 1.02 bits per heavy atom. The van der Waals surface area contributed by atoms with E-state index in [4.69, 9.17) is 44.3 Å². The molecule has 0 fully saturated rings. The van der Waals surface area contributed by atoms with E-state index >= 15 is 0 Å². The Morgan fingerprint density at radius 2 is 1.77 bits per heavy atom. The first-order chi connectivity index (χ1) is 19.0. The number of rotatable bonds is 5. The number of ether oxygens (including phenoxy) is 2. The maximum absolute atomic E-state index is 14.0. The van der Waals surface area contributed by atoms with E-state index in [0.29, 0.717) is 41.4 Å². The number of carbonyl (C=O) groups excluding carboxylic acids is 1. The van der Waals surface area contributed by atoms with Crippen LogP contribution in [-0.4, -0.2) is 29.3 Å². The van der Waals surface area contributed by atoms with Crippen molar-refractivity contribution in [3.63, 3.8) is 0 Å². The predicted octanol–water partition coefficient (Wildman–Crippen LogP) is 5.78. The Labute approximate surface area is 249 Å². The lowest BCUT2D eigenvalue weighted by molar-refractivity contribution is -0.136. The molecule has 11 heteroatoms. The fourth-order valence-corrected chi connectivity index (χ4v) is 6.51. The van der Waals surface area contributed by atoms with Crippen LogP contribution in [-0.2, 0) is 9.53 Å². The van der Waals surface area contributed by atoms with Crippen molar-refractivity contribution in [1.29, 1.82) is 0 Å². The Balaban J connectivity index is 1.73. The number of aryl methyl sites for hydroxylation is 1. The summed E-state index contributed by atoms with van der Waals surface area (Å²) in [6, 6.07) is 11.7. The van der Waals surface area contributed by atoms with Gasteiger partial charge in [-0.25, -0.2) is 9.79 Å². The van der Waals surface area contributed by atoms with Crippen LogP contribution < -0.4 is 19.6 Å². The third-order valence-electron chi connectivity index (χ3n) is 6.83. The average molecular weight is 617 g/mol. The lowest BCUT2D eigenvalue weighted by atomic mass is 9.95. The van der Waals surface area contributed by atoms with Gasteiger partial charge in [-0.1, -0.05) is 46.1 Å². The van der Waals surface area contributed by atoms with Crippen LogP contribution in [0.5, 0.6) is 5.75 Å². The summed E-state index contributed by atoms with van der Waals surface area (Å²) < 4.78 is 14.7. The molecule has 0 aliphatic carbocycles. The molecule has 0 saturated carbocycles. The normalized spacial score (nSPS) is 15.2. The van der Waals surface area contributed by atoms with Crippen molar-refractivity contribution in [2.24, 2.45) is 4.99 Å². The lowest BCUT2D eigenvalue weighted by Crippen LogP contribution is -2.40. The van der Waals surface area contributed by atoms with Crippen molar-refractivity contribution in [2.45, 2.75) is 26.8 Å². The molecule has 2 aromatic carbocycles. The van der Waals surface area contributed by atoms with Crippen LogP contribution in [0.4, 0.5) is 0 Å². The second kappa shape index (κ2) is 10.9. The van der Waals surface area contributed by atoms with Crippen LogP contribution in [0.2, 0.25) is 15.1 Å². The van der Waals surface area contributed by atoms with Crippen LogP contribution in [0.1, 0.15) is 35.5 Å². The van der Waals surface area contributed by atoms with Gasteiger partial charge in [0.2, 0.25) is 0 Å². The standard InChI is InChI=1S/C29H24Cl3N3O4S/c1-14-10-17(16(3)34(14)19-7-8-21(31)22(32)13-19)11-24-27(36)35-26(20-12-18(30)6-9-23(20)38-4)25(28(37)39-5)15(2)33-29(35)40-24/h6-13,26H,1-5H3/b24-11-/t26-/m0/s1. The van der Waals surface area contributed by atoms with Crippen molar-refractivity contribution in [1.82, 2.24) is 9.13 Å². The molecule has 5 rings (SSSR count). The molecule has 40 heavy (non-hydrogen) atoms. The molecule has 2 aromatic heterocycles. The number of nitrogens with zero attached hydrogens (tertiary/aromatic N) is 3. The molecule has 0 saturated heterocycles. The van der Waals surface area contributed by atoms with Gasteiger partial charge in [-0.2, -0.15) is 0 Å². The molecule has 206 valence electrons. The summed E-state index contributed by atoms with van der Waals surface area (Å²) in [6.07, 6.45) is 1.84. The predicted molar refractivity (Wildman–Crippen MR) is 159 cm³/mol. The SMILES string of the molecule is COC(=O)C1=C(C)N=c2s/c(=C\c3cc(C)n(-c4ccc(Cl)c(Cl)c4)c3C)c(=O)n2[C@H]1c1cc(Cl)ccc1OC. The topological polar surface area (TPSA) is 74.8 Å². The molecule has 7 nitrogen and oxygen atoms in total. The van der Waals surface area contributed by atoms with Crippen LogP contribution in [0, 0.1) is 13.8 Å². The summed E-state index contributed by atoms with van der Waals surface area (Å²) in [6.45, 7) is 5.67. The molecule has 0 unspecified atom stereocenters. The van der Waals surface area contributed by atoms with Gasteiger partial charge in [0.1, 0.15) is 11.8 Å². The van der Waals surface area contributed by atoms with Gasteiger partial charge < -0.3 is 14.0 Å². The van der Waals surface area contributed by atoms with Crippen LogP contribution in [0.15, 0.2) is 63.5 Å². The van der Waals surface area contributed by atoms with Gasteiger partial charge >= 0.3 is 5.97 Å². The van der Waals surface area contributed by atoms with Gasteiger partial charge in [0.15, 0.2) is 4.80 Å². The maximum Gasteiger partial charge on any atom is 0.338 e. The molecule has 1 aliphatic heterocycles. The number of aromatic nitrogens is 2. The molecular formula is C29H24Cl3N3O4S. The van der Waals surface area contributed by atoms with Gasteiger partial charge in [-0.3, -0.25) is 9.36 Å². The summed E-state index contributed by atoms with van der Waals surface area (Å²) in [5, 5.41) is 1.36. The van der Waals surface area contributed by atoms with E-state index in [1.165, 1.54) is 30.1 Å². The zero-order valence-corrected chi connectivity index (χ0v) is 25.3. The fourth-order valence-electron chi connectivity index (χ4n) is 5.00. The Hall–Kier alpha value is -3.30. The van der Waals surface area contributed by atoms with Crippen LogP contribution >= 0.6 is 46.1 Å². The highest BCUT2D eigenvalue weighted by molar-refractivity contribution is 7.07. The molecular weight excluding hydrogens is 593 g/mol. The Morgan fingerprint density at radius 3 is 2.45 bits per heavy atom. The van der Waals surface area contributed by atoms with Gasteiger partial charge in [0.05, 0.1) is 40.1 Å². The average Bonchev–Trinajstić information content (AvgIpc) is 3.38. The maximum atomic E-state index is 14.0. The van der Waals surface area contributed by atoms with Crippen molar-refractivity contribution < 1.29 is 14.3 Å². The first-order valence-corrected chi connectivity index (χ1v) is 14.1.